The normalized spacial score (nSPS) is 17.6. The predicted molar refractivity (Wildman–Crippen MR) is 191 cm³/mol. The summed E-state index contributed by atoms with van der Waals surface area (Å²) in [5.74, 6) is -9.10. The molecule has 8 atom stereocenters. The van der Waals surface area contributed by atoms with E-state index in [0.29, 0.717) is 6.42 Å². The summed E-state index contributed by atoms with van der Waals surface area (Å²) in [6, 6.07) is -10.2. The molecule has 1 fully saturated rings. The van der Waals surface area contributed by atoms with Gasteiger partial charge in [-0.3, -0.25) is 33.6 Å². The minimum Gasteiger partial charge on any atom is -0.481 e. The van der Waals surface area contributed by atoms with Crippen molar-refractivity contribution >= 4 is 47.4 Å². The molecule has 1 aliphatic carbocycles. The van der Waals surface area contributed by atoms with E-state index in [9.17, 15) is 63.9 Å². The lowest BCUT2D eigenvalue weighted by Gasteiger charge is -2.30. The molecule has 0 radical (unpaired) electrons. The Hall–Kier alpha value is -4.40. The van der Waals surface area contributed by atoms with E-state index in [0.717, 1.165) is 39.0 Å². The van der Waals surface area contributed by atoms with Gasteiger partial charge in [0.15, 0.2) is 0 Å². The maximum absolute atomic E-state index is 13.6. The fourth-order valence-electron chi connectivity index (χ4n) is 5.87. The molecule has 13 N–H and O–H groups in total. The quantitative estimate of drug-likeness (QED) is 0.0464. The fourth-order valence-corrected chi connectivity index (χ4v) is 5.87. The first kappa shape index (κ1) is 47.6. The van der Waals surface area contributed by atoms with E-state index in [1.165, 1.54) is 0 Å². The van der Waals surface area contributed by atoms with Gasteiger partial charge in [-0.25, -0.2) is 4.79 Å². The van der Waals surface area contributed by atoms with Gasteiger partial charge in [0.2, 0.25) is 35.4 Å². The lowest BCUT2D eigenvalue weighted by molar-refractivity contribution is -0.144. The molecule has 1 rings (SSSR count). The Bertz CT molecular complexity index is 1290. The maximum atomic E-state index is 13.6. The third-order valence-electron chi connectivity index (χ3n) is 9.07. The zero-order valence-electron chi connectivity index (χ0n) is 31.3. The highest BCUT2D eigenvalue weighted by Crippen LogP contribution is 2.27. The van der Waals surface area contributed by atoms with E-state index in [4.69, 9.17) is 5.73 Å². The van der Waals surface area contributed by atoms with Crippen LogP contribution in [0.3, 0.4) is 0 Å². The summed E-state index contributed by atoms with van der Waals surface area (Å²) >= 11 is 0. The minimum absolute atomic E-state index is 0.0415. The van der Waals surface area contributed by atoms with Crippen molar-refractivity contribution in [3.05, 3.63) is 0 Å². The zero-order chi connectivity index (χ0) is 41.1. The predicted octanol–water partition coefficient (Wildman–Crippen LogP) is -3.04. The van der Waals surface area contributed by atoms with Crippen LogP contribution in [0.1, 0.15) is 91.9 Å². The first-order chi connectivity index (χ1) is 25.4. The van der Waals surface area contributed by atoms with Crippen molar-refractivity contribution in [3.8, 4) is 0 Å². The second-order valence-corrected chi connectivity index (χ2v) is 14.0. The molecule has 0 bridgehead atoms. The second-order valence-electron chi connectivity index (χ2n) is 14.0. The Balaban J connectivity index is 3.26. The Labute approximate surface area is 314 Å². The number of carbonyl (C=O) groups is 8. The van der Waals surface area contributed by atoms with Gasteiger partial charge in [-0.2, -0.15) is 0 Å². The molecule has 0 unspecified atom stereocenters. The third kappa shape index (κ3) is 16.3. The number of carboxylic acid groups (broad SMARTS) is 2. The van der Waals surface area contributed by atoms with Crippen molar-refractivity contribution in [2.45, 2.75) is 140 Å². The number of aliphatic carboxylic acids is 2. The molecular weight excluding hydrogens is 714 g/mol. The van der Waals surface area contributed by atoms with E-state index in [1.807, 2.05) is 0 Å². The topological polar surface area (TPSA) is 336 Å². The van der Waals surface area contributed by atoms with Gasteiger partial charge in [0.25, 0.3) is 0 Å². The molecule has 308 valence electrons. The summed E-state index contributed by atoms with van der Waals surface area (Å²) in [6.07, 6.45) is 2.32. The van der Waals surface area contributed by atoms with E-state index in [1.54, 1.807) is 20.8 Å². The average molecular weight is 774 g/mol. The fraction of sp³-hybridized carbons (Fsp3) is 0.765. The lowest BCUT2D eigenvalue weighted by Crippen LogP contribution is -2.62. The third-order valence-corrected chi connectivity index (χ3v) is 9.07. The second kappa shape index (κ2) is 24.1. The summed E-state index contributed by atoms with van der Waals surface area (Å²) in [7, 11) is 0. The van der Waals surface area contributed by atoms with Crippen LogP contribution in [-0.2, 0) is 38.4 Å². The molecule has 0 aromatic carbocycles. The molecule has 0 spiro atoms. The summed E-state index contributed by atoms with van der Waals surface area (Å²) in [5, 5.41) is 62.8. The zero-order valence-corrected chi connectivity index (χ0v) is 31.3. The minimum atomic E-state index is -1.76. The molecule has 54 heavy (non-hydrogen) atoms. The molecule has 0 aromatic heterocycles. The van der Waals surface area contributed by atoms with Crippen molar-refractivity contribution in [3.63, 3.8) is 0 Å². The van der Waals surface area contributed by atoms with E-state index in [-0.39, 0.29) is 18.8 Å². The van der Waals surface area contributed by atoms with E-state index >= 15 is 0 Å². The standard InChI is InChI=1S/C34H59N7O13/c1-5-9-20(35)28(47)38-23(15-42)31(50)36-21(12-13-25(45)46)29(48)41-27(18(4)44)33(52)37-22(14-19-10-7-6-8-11-19)30(49)39-24(16-43)32(51)40-26(17(2)3)34(53)54/h17-24,26-27,42-44H,5-16,35H2,1-4H3,(H,36,50)(H,37,52)(H,38,47)(H,39,49)(H,40,51)(H,41,48)(H,45,46)(H,53,54)/t18-,20+,21+,22+,23-,24-,26+,27+/m1/s1. The SMILES string of the molecule is CCC[C@H](N)C(=O)N[C@H](CO)C(=O)N[C@@H](CCC(=O)O)C(=O)N[C@H](C(=O)N[C@@H](CC1CCCCC1)C(=O)N[C@H](CO)C(=O)N[C@H](C(=O)O)C(C)C)[C@@H](C)O. The smallest absolute Gasteiger partial charge is 0.326 e. The van der Waals surface area contributed by atoms with Gasteiger partial charge in [0, 0.05) is 6.42 Å². The number of hydrogen-bond donors (Lipinski definition) is 12. The summed E-state index contributed by atoms with van der Waals surface area (Å²) in [5.41, 5.74) is 5.77. The molecule has 0 aliphatic heterocycles. The first-order valence-electron chi connectivity index (χ1n) is 18.3. The average Bonchev–Trinajstić information content (AvgIpc) is 3.11. The van der Waals surface area contributed by atoms with Gasteiger partial charge >= 0.3 is 11.9 Å². The highest BCUT2D eigenvalue weighted by atomic mass is 16.4. The van der Waals surface area contributed by atoms with Crippen molar-refractivity contribution in [1.82, 2.24) is 31.9 Å². The Kier molecular flexibility index (Phi) is 21.2. The number of aliphatic hydroxyl groups excluding tert-OH is 3. The molecule has 0 aromatic rings. The van der Waals surface area contributed by atoms with Crippen molar-refractivity contribution < 1.29 is 63.9 Å². The molecule has 6 amide bonds. The summed E-state index contributed by atoms with van der Waals surface area (Å²) in [6.45, 7) is 4.24. The van der Waals surface area contributed by atoms with Crippen LogP contribution < -0.4 is 37.6 Å². The highest BCUT2D eigenvalue weighted by Gasteiger charge is 2.36. The van der Waals surface area contributed by atoms with Gasteiger partial charge in [-0.15, -0.1) is 0 Å². The summed E-state index contributed by atoms with van der Waals surface area (Å²) in [4.78, 5) is 102. The first-order valence-corrected chi connectivity index (χ1v) is 18.3. The van der Waals surface area contributed by atoms with Crippen molar-refractivity contribution in [1.29, 1.82) is 0 Å². The monoisotopic (exact) mass is 773 g/mol. The van der Waals surface area contributed by atoms with Crippen LogP contribution in [0.25, 0.3) is 0 Å². The van der Waals surface area contributed by atoms with Crippen LogP contribution in [0.5, 0.6) is 0 Å². The van der Waals surface area contributed by atoms with Crippen LogP contribution in [0.4, 0.5) is 0 Å². The molecule has 0 heterocycles. The Morgan fingerprint density at radius 2 is 1.09 bits per heavy atom. The number of nitrogens with two attached hydrogens (primary N) is 1. The highest BCUT2D eigenvalue weighted by molar-refractivity contribution is 5.97. The largest absolute Gasteiger partial charge is 0.481 e. The van der Waals surface area contributed by atoms with Crippen molar-refractivity contribution in [2.75, 3.05) is 13.2 Å². The van der Waals surface area contributed by atoms with Gasteiger partial charge in [0.1, 0.15) is 36.3 Å². The van der Waals surface area contributed by atoms with Gasteiger partial charge in [0.05, 0.1) is 25.4 Å². The Morgan fingerprint density at radius 1 is 0.630 bits per heavy atom. The molecular formula is C34H59N7O13. The molecule has 0 saturated heterocycles. The number of rotatable bonds is 24. The molecule has 1 saturated carbocycles. The Morgan fingerprint density at radius 3 is 1.57 bits per heavy atom. The molecule has 1 aliphatic rings. The van der Waals surface area contributed by atoms with Crippen LogP contribution in [0.2, 0.25) is 0 Å². The number of amides is 6. The number of carboxylic acids is 2. The number of nitrogens with one attached hydrogen (secondary N) is 6. The number of hydrogen-bond acceptors (Lipinski definition) is 12. The molecule has 20 heteroatoms. The van der Waals surface area contributed by atoms with Crippen molar-refractivity contribution in [2.24, 2.45) is 17.6 Å². The molecule has 20 nitrogen and oxygen atoms in total. The van der Waals surface area contributed by atoms with E-state index < -0.39 is 128 Å². The van der Waals surface area contributed by atoms with Gasteiger partial charge in [-0.05, 0) is 38.0 Å². The number of aliphatic hydroxyl groups is 3. The lowest BCUT2D eigenvalue weighted by atomic mass is 9.84. The van der Waals surface area contributed by atoms with Crippen LogP contribution >= 0.6 is 0 Å². The van der Waals surface area contributed by atoms with Gasteiger partial charge < -0.3 is 63.2 Å². The number of carbonyl (C=O) groups excluding carboxylic acids is 6. The van der Waals surface area contributed by atoms with Crippen LogP contribution in [-0.4, -0.2) is 135 Å². The summed E-state index contributed by atoms with van der Waals surface area (Å²) < 4.78 is 0. The van der Waals surface area contributed by atoms with E-state index in [2.05, 4.69) is 31.9 Å². The van der Waals surface area contributed by atoms with Crippen LogP contribution in [0.15, 0.2) is 0 Å². The maximum Gasteiger partial charge on any atom is 0.326 e. The van der Waals surface area contributed by atoms with Crippen LogP contribution in [0, 0.1) is 11.8 Å². The van der Waals surface area contributed by atoms with Gasteiger partial charge in [-0.1, -0.05) is 59.3 Å².